The number of halogens is 2. The van der Waals surface area contributed by atoms with Gasteiger partial charge in [0.05, 0.1) is 5.69 Å². The minimum atomic E-state index is -0.977. The van der Waals surface area contributed by atoms with Gasteiger partial charge in [-0.05, 0) is 23.8 Å². The van der Waals surface area contributed by atoms with Crippen molar-refractivity contribution in [3.63, 3.8) is 0 Å². The van der Waals surface area contributed by atoms with Crippen molar-refractivity contribution >= 4 is 33.1 Å². The summed E-state index contributed by atoms with van der Waals surface area (Å²) in [4.78, 5) is 12.4. The summed E-state index contributed by atoms with van der Waals surface area (Å²) in [6, 6.07) is 10.7. The molecule has 3 rings (SSSR count). The first-order chi connectivity index (χ1) is 10.6. The maximum atomic E-state index is 13.1. The molecule has 0 fully saturated rings. The molecule has 0 radical (unpaired) electrons. The summed E-state index contributed by atoms with van der Waals surface area (Å²) in [7, 11) is 0. The maximum Gasteiger partial charge on any atom is 0.350 e. The van der Waals surface area contributed by atoms with E-state index in [1.807, 2.05) is 24.3 Å². The number of hydrogen-bond acceptors (Lipinski definition) is 4. The second kappa shape index (κ2) is 5.73. The lowest BCUT2D eigenvalue weighted by Crippen LogP contribution is -2.06. The van der Waals surface area contributed by atoms with E-state index in [2.05, 4.69) is 0 Å². The minimum Gasteiger partial charge on any atom is -0.457 e. The summed E-state index contributed by atoms with van der Waals surface area (Å²) in [6.07, 6.45) is 0. The fourth-order valence-corrected chi connectivity index (χ4v) is 3.08. The van der Waals surface area contributed by atoms with Crippen molar-refractivity contribution in [1.29, 1.82) is 0 Å². The van der Waals surface area contributed by atoms with Crippen LogP contribution < -0.4 is 5.73 Å². The fraction of sp³-hybridized carbons (Fsp3) is 0.0625. The fourth-order valence-electron chi connectivity index (χ4n) is 2.06. The molecule has 0 aliphatic heterocycles. The predicted molar refractivity (Wildman–Crippen MR) is 81.7 cm³/mol. The number of benzene rings is 2. The molecule has 2 aromatic carbocycles. The van der Waals surface area contributed by atoms with E-state index in [-0.39, 0.29) is 6.61 Å². The van der Waals surface area contributed by atoms with Crippen LogP contribution in [0.15, 0.2) is 42.5 Å². The van der Waals surface area contributed by atoms with Crippen LogP contribution in [0.25, 0.3) is 10.1 Å². The topological polar surface area (TPSA) is 52.3 Å². The van der Waals surface area contributed by atoms with Gasteiger partial charge in [-0.25, -0.2) is 13.6 Å². The second-order valence-corrected chi connectivity index (χ2v) is 5.72. The van der Waals surface area contributed by atoms with Crippen LogP contribution in [0.4, 0.5) is 14.5 Å². The quantitative estimate of drug-likeness (QED) is 0.739. The predicted octanol–water partition coefficient (Wildman–Crippen LogP) is 4.12. The molecule has 0 amide bonds. The molecule has 0 saturated carbocycles. The molecule has 6 heteroatoms. The van der Waals surface area contributed by atoms with Crippen LogP contribution in [0.5, 0.6) is 0 Å². The van der Waals surface area contributed by atoms with Gasteiger partial charge in [0.25, 0.3) is 0 Å². The SMILES string of the molecule is Nc1c(C(=O)OCc2ccc(F)c(F)c2)sc2ccccc12. The van der Waals surface area contributed by atoms with Gasteiger partial charge < -0.3 is 10.5 Å². The number of nitrogens with two attached hydrogens (primary N) is 1. The van der Waals surface area contributed by atoms with E-state index in [1.165, 1.54) is 17.4 Å². The lowest BCUT2D eigenvalue weighted by atomic mass is 10.2. The molecule has 3 nitrogen and oxygen atoms in total. The smallest absolute Gasteiger partial charge is 0.350 e. The van der Waals surface area contributed by atoms with Gasteiger partial charge in [0, 0.05) is 10.1 Å². The molecule has 3 aromatic rings. The van der Waals surface area contributed by atoms with Gasteiger partial charge in [0.15, 0.2) is 11.6 Å². The highest BCUT2D eigenvalue weighted by Gasteiger charge is 2.17. The molecule has 0 spiro atoms. The first kappa shape index (κ1) is 14.5. The van der Waals surface area contributed by atoms with Crippen LogP contribution in [0.3, 0.4) is 0 Å². The Bertz CT molecular complexity index is 860. The highest BCUT2D eigenvalue weighted by molar-refractivity contribution is 7.21. The molecule has 0 aliphatic carbocycles. The number of hydrogen-bond donors (Lipinski definition) is 1. The molecule has 0 atom stereocenters. The van der Waals surface area contributed by atoms with Crippen molar-refractivity contribution in [2.24, 2.45) is 0 Å². The van der Waals surface area contributed by atoms with E-state index in [9.17, 15) is 13.6 Å². The zero-order chi connectivity index (χ0) is 15.7. The number of anilines is 1. The first-order valence-corrected chi connectivity index (χ1v) is 7.26. The summed E-state index contributed by atoms with van der Waals surface area (Å²) in [5, 5.41) is 0.798. The number of nitrogen functional groups attached to an aromatic ring is 1. The zero-order valence-electron chi connectivity index (χ0n) is 11.3. The van der Waals surface area contributed by atoms with Gasteiger partial charge in [-0.3, -0.25) is 0 Å². The Morgan fingerprint density at radius 2 is 1.91 bits per heavy atom. The van der Waals surface area contributed by atoms with Crippen LogP contribution in [0.1, 0.15) is 15.2 Å². The van der Waals surface area contributed by atoms with Crippen molar-refractivity contribution in [2.75, 3.05) is 5.73 Å². The average molecular weight is 319 g/mol. The molecule has 0 bridgehead atoms. The van der Waals surface area contributed by atoms with Gasteiger partial charge in [0.1, 0.15) is 11.5 Å². The Kier molecular flexibility index (Phi) is 3.77. The number of carbonyl (C=O) groups is 1. The Labute approximate surface area is 128 Å². The molecular formula is C16H11F2NO2S. The molecule has 112 valence electrons. The van der Waals surface area contributed by atoms with Crippen LogP contribution in [-0.2, 0) is 11.3 Å². The Balaban J connectivity index is 1.78. The van der Waals surface area contributed by atoms with Crippen molar-refractivity contribution in [1.82, 2.24) is 0 Å². The van der Waals surface area contributed by atoms with E-state index in [0.29, 0.717) is 16.1 Å². The number of ether oxygens (including phenoxy) is 1. The molecule has 2 N–H and O–H groups in total. The Morgan fingerprint density at radius 3 is 2.64 bits per heavy atom. The van der Waals surface area contributed by atoms with Gasteiger partial charge in [-0.1, -0.05) is 24.3 Å². The average Bonchev–Trinajstić information content (AvgIpc) is 2.86. The van der Waals surface area contributed by atoms with Crippen molar-refractivity contribution in [3.8, 4) is 0 Å². The highest BCUT2D eigenvalue weighted by atomic mass is 32.1. The van der Waals surface area contributed by atoms with Gasteiger partial charge in [0.2, 0.25) is 0 Å². The van der Waals surface area contributed by atoms with E-state index in [0.717, 1.165) is 22.2 Å². The van der Waals surface area contributed by atoms with E-state index in [4.69, 9.17) is 10.5 Å². The third-order valence-electron chi connectivity index (χ3n) is 3.17. The van der Waals surface area contributed by atoms with Gasteiger partial charge in [-0.15, -0.1) is 11.3 Å². The summed E-state index contributed by atoms with van der Waals surface area (Å²) in [5.74, 6) is -2.50. The largest absolute Gasteiger partial charge is 0.457 e. The molecule has 0 unspecified atom stereocenters. The highest BCUT2D eigenvalue weighted by Crippen LogP contribution is 2.33. The summed E-state index contributed by atoms with van der Waals surface area (Å²) in [6.45, 7) is -0.149. The van der Waals surface area contributed by atoms with Crippen LogP contribution in [-0.4, -0.2) is 5.97 Å². The monoisotopic (exact) mass is 319 g/mol. The maximum absolute atomic E-state index is 13.1. The lowest BCUT2D eigenvalue weighted by Gasteiger charge is -2.04. The summed E-state index contributed by atoms with van der Waals surface area (Å²) < 4.78 is 31.9. The first-order valence-electron chi connectivity index (χ1n) is 6.44. The molecule has 0 saturated heterocycles. The number of thiophene rings is 1. The number of fused-ring (bicyclic) bond motifs is 1. The van der Waals surface area contributed by atoms with Crippen molar-refractivity contribution in [3.05, 3.63) is 64.5 Å². The number of esters is 1. The second-order valence-electron chi connectivity index (χ2n) is 4.67. The van der Waals surface area contributed by atoms with Crippen molar-refractivity contribution < 1.29 is 18.3 Å². The van der Waals surface area contributed by atoms with Gasteiger partial charge >= 0.3 is 5.97 Å². The molecule has 1 aromatic heterocycles. The number of rotatable bonds is 3. The normalized spacial score (nSPS) is 10.8. The minimum absolute atomic E-state index is 0.149. The zero-order valence-corrected chi connectivity index (χ0v) is 12.1. The third-order valence-corrected chi connectivity index (χ3v) is 4.34. The standard InChI is InChI=1S/C16H11F2NO2S/c17-11-6-5-9(7-12(11)18)8-21-16(20)15-14(19)10-3-1-2-4-13(10)22-15/h1-7H,8,19H2. The van der Waals surface area contributed by atoms with E-state index in [1.54, 1.807) is 0 Å². The summed E-state index contributed by atoms with van der Waals surface area (Å²) in [5.41, 5.74) is 6.69. The molecule has 22 heavy (non-hydrogen) atoms. The third kappa shape index (κ3) is 2.65. The van der Waals surface area contributed by atoms with Gasteiger partial charge in [-0.2, -0.15) is 0 Å². The van der Waals surface area contributed by atoms with Crippen LogP contribution in [0.2, 0.25) is 0 Å². The number of carbonyl (C=O) groups excluding carboxylic acids is 1. The molecule has 1 heterocycles. The molecule has 0 aliphatic rings. The molecular weight excluding hydrogens is 308 g/mol. The van der Waals surface area contributed by atoms with Crippen LogP contribution in [0, 0.1) is 11.6 Å². The Hall–Kier alpha value is -2.47. The lowest BCUT2D eigenvalue weighted by molar-refractivity contribution is 0.0479. The summed E-state index contributed by atoms with van der Waals surface area (Å²) >= 11 is 1.24. The van der Waals surface area contributed by atoms with E-state index < -0.39 is 17.6 Å². The van der Waals surface area contributed by atoms with Crippen LogP contribution >= 0.6 is 11.3 Å². The Morgan fingerprint density at radius 1 is 1.14 bits per heavy atom. The van der Waals surface area contributed by atoms with Crippen molar-refractivity contribution in [2.45, 2.75) is 6.61 Å². The van der Waals surface area contributed by atoms with E-state index >= 15 is 0 Å².